The SMILES string of the molecule is CN(CC1CNCCO1)S(N)(=O)=O. The van der Waals surface area contributed by atoms with Crippen LogP contribution in [0.4, 0.5) is 0 Å². The van der Waals surface area contributed by atoms with E-state index >= 15 is 0 Å². The molecule has 1 fully saturated rings. The van der Waals surface area contributed by atoms with Gasteiger partial charge in [-0.15, -0.1) is 0 Å². The third-order valence-electron chi connectivity index (χ3n) is 1.90. The van der Waals surface area contributed by atoms with Crippen LogP contribution in [-0.4, -0.2) is 52.1 Å². The number of nitrogens with one attached hydrogen (secondary N) is 1. The lowest BCUT2D eigenvalue weighted by Gasteiger charge is -2.26. The molecule has 3 N–H and O–H groups in total. The Morgan fingerprint density at radius 2 is 2.38 bits per heavy atom. The molecule has 0 saturated carbocycles. The Balaban J connectivity index is 2.39. The molecule has 0 amide bonds. The molecule has 6 nitrogen and oxygen atoms in total. The third kappa shape index (κ3) is 3.57. The van der Waals surface area contributed by atoms with Gasteiger partial charge >= 0.3 is 0 Å². The smallest absolute Gasteiger partial charge is 0.276 e. The van der Waals surface area contributed by atoms with Crippen LogP contribution in [0.25, 0.3) is 0 Å². The monoisotopic (exact) mass is 209 g/mol. The third-order valence-corrected chi connectivity index (χ3v) is 2.92. The molecule has 1 saturated heterocycles. The maximum Gasteiger partial charge on any atom is 0.276 e. The van der Waals surface area contributed by atoms with Crippen molar-refractivity contribution in [2.75, 3.05) is 33.3 Å². The molecule has 1 unspecified atom stereocenters. The fourth-order valence-corrected chi connectivity index (χ4v) is 1.50. The van der Waals surface area contributed by atoms with E-state index in [-0.39, 0.29) is 6.10 Å². The van der Waals surface area contributed by atoms with Crippen molar-refractivity contribution in [1.82, 2.24) is 9.62 Å². The van der Waals surface area contributed by atoms with Gasteiger partial charge in [0.25, 0.3) is 10.2 Å². The lowest BCUT2D eigenvalue weighted by atomic mass is 10.3. The van der Waals surface area contributed by atoms with Gasteiger partial charge in [0, 0.05) is 26.7 Å². The van der Waals surface area contributed by atoms with E-state index < -0.39 is 10.2 Å². The number of hydrogen-bond acceptors (Lipinski definition) is 4. The molecule has 0 radical (unpaired) electrons. The maximum absolute atomic E-state index is 10.8. The summed E-state index contributed by atoms with van der Waals surface area (Å²) in [5.74, 6) is 0. The predicted octanol–water partition coefficient (Wildman–Crippen LogP) is -1.89. The zero-order valence-electron chi connectivity index (χ0n) is 7.56. The quantitative estimate of drug-likeness (QED) is 0.569. The topological polar surface area (TPSA) is 84.7 Å². The number of hydrogen-bond donors (Lipinski definition) is 2. The van der Waals surface area contributed by atoms with E-state index in [2.05, 4.69) is 5.32 Å². The van der Waals surface area contributed by atoms with E-state index in [0.29, 0.717) is 19.7 Å². The molecule has 1 rings (SSSR count). The van der Waals surface area contributed by atoms with Crippen LogP contribution in [0.5, 0.6) is 0 Å². The molecule has 0 spiro atoms. The van der Waals surface area contributed by atoms with Crippen LogP contribution in [0.15, 0.2) is 0 Å². The summed E-state index contributed by atoms with van der Waals surface area (Å²) in [7, 11) is -2.14. The largest absolute Gasteiger partial charge is 0.374 e. The molecule has 0 aliphatic carbocycles. The molecular weight excluding hydrogens is 194 g/mol. The zero-order chi connectivity index (χ0) is 9.90. The minimum absolute atomic E-state index is 0.0999. The molecule has 13 heavy (non-hydrogen) atoms. The van der Waals surface area contributed by atoms with Crippen LogP contribution in [-0.2, 0) is 14.9 Å². The molecule has 7 heteroatoms. The van der Waals surface area contributed by atoms with E-state index in [0.717, 1.165) is 10.8 Å². The van der Waals surface area contributed by atoms with Crippen LogP contribution in [0.3, 0.4) is 0 Å². The number of rotatable bonds is 3. The summed E-state index contributed by atoms with van der Waals surface area (Å²) in [6, 6.07) is 0. The van der Waals surface area contributed by atoms with Crippen LogP contribution < -0.4 is 10.5 Å². The first kappa shape index (κ1) is 10.9. The second-order valence-electron chi connectivity index (χ2n) is 3.02. The van der Waals surface area contributed by atoms with Crippen molar-refractivity contribution in [3.05, 3.63) is 0 Å². The second kappa shape index (κ2) is 4.34. The summed E-state index contributed by atoms with van der Waals surface area (Å²) in [5.41, 5.74) is 0. The minimum atomic E-state index is -3.58. The fourth-order valence-electron chi connectivity index (χ4n) is 1.13. The van der Waals surface area contributed by atoms with Crippen molar-refractivity contribution in [2.24, 2.45) is 5.14 Å². The molecular formula is C6H15N3O3S. The van der Waals surface area contributed by atoms with Gasteiger partial charge in [0.2, 0.25) is 0 Å². The highest BCUT2D eigenvalue weighted by Gasteiger charge is 2.20. The van der Waals surface area contributed by atoms with Gasteiger partial charge in [-0.25, -0.2) is 5.14 Å². The summed E-state index contributed by atoms with van der Waals surface area (Å²) in [6.45, 7) is 2.39. The van der Waals surface area contributed by atoms with Crippen molar-refractivity contribution < 1.29 is 13.2 Å². The molecule has 0 bridgehead atoms. The molecule has 78 valence electrons. The highest BCUT2D eigenvalue weighted by Crippen LogP contribution is 2.00. The van der Waals surface area contributed by atoms with Gasteiger partial charge in [0.15, 0.2) is 0 Å². The van der Waals surface area contributed by atoms with Crippen molar-refractivity contribution in [1.29, 1.82) is 0 Å². The Labute approximate surface area is 78.2 Å². The standard InChI is InChI=1S/C6H15N3O3S/c1-9(13(7,10)11)5-6-4-8-2-3-12-6/h6,8H,2-5H2,1H3,(H2,7,10,11). The first-order valence-electron chi connectivity index (χ1n) is 4.06. The van der Waals surface area contributed by atoms with Gasteiger partial charge < -0.3 is 10.1 Å². The van der Waals surface area contributed by atoms with Crippen LogP contribution in [0.1, 0.15) is 0 Å². The van der Waals surface area contributed by atoms with Gasteiger partial charge in [-0.2, -0.15) is 12.7 Å². The predicted molar refractivity (Wildman–Crippen MR) is 48.3 cm³/mol. The van der Waals surface area contributed by atoms with Crippen molar-refractivity contribution in [3.63, 3.8) is 0 Å². The average Bonchev–Trinajstić information content (AvgIpc) is 2.04. The summed E-state index contributed by atoms with van der Waals surface area (Å²) < 4.78 is 28.1. The zero-order valence-corrected chi connectivity index (χ0v) is 8.38. The van der Waals surface area contributed by atoms with Crippen LogP contribution >= 0.6 is 0 Å². The molecule has 1 aliphatic heterocycles. The van der Waals surface area contributed by atoms with Gasteiger partial charge in [0.05, 0.1) is 12.7 Å². The van der Waals surface area contributed by atoms with Crippen LogP contribution in [0.2, 0.25) is 0 Å². The van der Waals surface area contributed by atoms with Crippen LogP contribution in [0, 0.1) is 0 Å². The van der Waals surface area contributed by atoms with Gasteiger partial charge in [-0.05, 0) is 0 Å². The highest BCUT2D eigenvalue weighted by molar-refractivity contribution is 7.86. The van der Waals surface area contributed by atoms with E-state index in [4.69, 9.17) is 9.88 Å². The lowest BCUT2D eigenvalue weighted by Crippen LogP contribution is -2.47. The maximum atomic E-state index is 10.8. The Morgan fingerprint density at radius 1 is 1.69 bits per heavy atom. The minimum Gasteiger partial charge on any atom is -0.374 e. The van der Waals surface area contributed by atoms with Gasteiger partial charge in [-0.3, -0.25) is 0 Å². The number of morpholine rings is 1. The number of nitrogens with two attached hydrogens (primary N) is 1. The molecule has 0 aromatic carbocycles. The Morgan fingerprint density at radius 3 is 2.85 bits per heavy atom. The Kier molecular flexibility index (Phi) is 3.63. The summed E-state index contributed by atoms with van der Waals surface area (Å²) in [6.07, 6.45) is -0.0999. The first-order chi connectivity index (χ1) is 6.00. The lowest BCUT2D eigenvalue weighted by molar-refractivity contribution is 0.0206. The summed E-state index contributed by atoms with van der Waals surface area (Å²) in [4.78, 5) is 0. The van der Waals surface area contributed by atoms with Gasteiger partial charge in [0.1, 0.15) is 0 Å². The fraction of sp³-hybridized carbons (Fsp3) is 1.00. The van der Waals surface area contributed by atoms with E-state index in [9.17, 15) is 8.42 Å². The van der Waals surface area contributed by atoms with E-state index in [1.165, 1.54) is 7.05 Å². The molecule has 1 aliphatic rings. The normalized spacial score (nSPS) is 25.0. The number of ether oxygens (including phenoxy) is 1. The molecule has 1 heterocycles. The van der Waals surface area contributed by atoms with Gasteiger partial charge in [-0.1, -0.05) is 0 Å². The number of nitrogens with zero attached hydrogens (tertiary/aromatic N) is 1. The first-order valence-corrected chi connectivity index (χ1v) is 5.57. The Bertz CT molecular complexity index is 248. The van der Waals surface area contributed by atoms with Crippen molar-refractivity contribution in [3.8, 4) is 0 Å². The highest BCUT2D eigenvalue weighted by atomic mass is 32.2. The van der Waals surface area contributed by atoms with E-state index in [1.54, 1.807) is 0 Å². The van der Waals surface area contributed by atoms with Crippen molar-refractivity contribution in [2.45, 2.75) is 6.10 Å². The Hall–Kier alpha value is -0.210. The summed E-state index contributed by atoms with van der Waals surface area (Å²) >= 11 is 0. The summed E-state index contributed by atoms with van der Waals surface area (Å²) in [5, 5.41) is 8.02. The van der Waals surface area contributed by atoms with Crippen molar-refractivity contribution >= 4 is 10.2 Å². The molecule has 0 aromatic rings. The van der Waals surface area contributed by atoms with E-state index in [1.807, 2.05) is 0 Å². The molecule has 1 atom stereocenters. The average molecular weight is 209 g/mol. The number of likely N-dealkylation sites (N-methyl/N-ethyl adjacent to an activating group) is 1. The molecule has 0 aromatic heterocycles. The second-order valence-corrected chi connectivity index (χ2v) is 4.68.